The lowest BCUT2D eigenvalue weighted by Crippen LogP contribution is -2.51. The summed E-state index contributed by atoms with van der Waals surface area (Å²) in [5.41, 5.74) is 3.62. The average Bonchev–Trinajstić information content (AvgIpc) is 3.62. The van der Waals surface area contributed by atoms with Crippen LogP contribution >= 0.6 is 0 Å². The molecule has 4 aliphatic carbocycles. The van der Waals surface area contributed by atoms with Crippen LogP contribution in [0.4, 0.5) is 16.2 Å². The molecule has 3 saturated carbocycles. The molecule has 3 fully saturated rings. The number of unbranched alkanes of at least 4 members (excludes halogenated alkanes) is 2. The zero-order valence-electron chi connectivity index (χ0n) is 38.9. The highest BCUT2D eigenvalue weighted by Crippen LogP contribution is 2.67. The molecule has 0 unspecified atom stereocenters. The van der Waals surface area contributed by atoms with Crippen molar-refractivity contribution >= 4 is 29.3 Å². The number of fused-ring (bicyclic) bond motifs is 5. The van der Waals surface area contributed by atoms with Gasteiger partial charge in [0.05, 0.1) is 24.6 Å². The van der Waals surface area contributed by atoms with Crippen LogP contribution in [0.2, 0.25) is 0 Å². The lowest BCUT2D eigenvalue weighted by atomic mass is 9.47. The second-order valence-corrected chi connectivity index (χ2v) is 20.0. The van der Waals surface area contributed by atoms with Crippen LogP contribution in [0.1, 0.15) is 144 Å². The number of nitrogens with zero attached hydrogens (tertiary/aromatic N) is 2. The third-order valence-corrected chi connectivity index (χ3v) is 15.3. The molecule has 0 aromatic heterocycles. The van der Waals surface area contributed by atoms with E-state index >= 15 is 0 Å². The SMILES string of the molecule is CC(C)CCC[C@@H](C)[C@H]1CC[C@H]2[C@@H]3CC=C4C[C@@H](OC(=O)NCCNC(=O)CCCCOc5ccc(N=Nc6ccc(OCCCCC(=O)O)cc6)cc5)CC[C@]4(C)[C@H]3CC[C@]12C. The molecule has 4 aliphatic rings. The quantitative estimate of drug-likeness (QED) is 0.0572. The number of carbonyl (C=O) groups excluding carboxylic acids is 2. The molecule has 346 valence electrons. The van der Waals surface area contributed by atoms with Crippen molar-refractivity contribution in [2.24, 2.45) is 56.6 Å². The second-order valence-electron chi connectivity index (χ2n) is 20.0. The van der Waals surface area contributed by atoms with Gasteiger partial charge in [0.2, 0.25) is 5.91 Å². The van der Waals surface area contributed by atoms with E-state index in [9.17, 15) is 14.4 Å². The fourth-order valence-corrected chi connectivity index (χ4v) is 11.9. The Morgan fingerprint density at radius 2 is 1.38 bits per heavy atom. The van der Waals surface area contributed by atoms with E-state index in [1.165, 1.54) is 56.9 Å². The van der Waals surface area contributed by atoms with Crippen molar-refractivity contribution in [3.8, 4) is 11.5 Å². The number of hydrogen-bond acceptors (Lipinski definition) is 8. The lowest BCUT2D eigenvalue weighted by Gasteiger charge is -2.58. The van der Waals surface area contributed by atoms with Crippen molar-refractivity contribution in [1.29, 1.82) is 0 Å². The van der Waals surface area contributed by atoms with Gasteiger partial charge in [0.15, 0.2) is 0 Å². The molecule has 0 bridgehead atoms. The van der Waals surface area contributed by atoms with Gasteiger partial charge in [-0.05, 0) is 165 Å². The standard InChI is InChI=1S/C52H76N4O7/c1-36(2)11-10-12-37(3)45-25-26-46-44-24-15-38-35-43(27-29-51(38,4)47(44)28-30-52(45,46)5)63-50(60)54-32-31-53-48(57)13-6-8-33-61-41-20-16-39(17-21-41)55-56-40-18-22-42(23-19-40)62-34-9-7-14-49(58)59/h15-23,36-37,43-47H,6-14,24-35H2,1-5H3,(H,53,57)(H,54,60)(H,58,59)/t37-,43+,44+,45-,46+,47+,51+,52-/m1/s1. The van der Waals surface area contributed by atoms with Crippen molar-refractivity contribution in [2.75, 3.05) is 26.3 Å². The van der Waals surface area contributed by atoms with Crippen LogP contribution in [0.25, 0.3) is 0 Å². The van der Waals surface area contributed by atoms with Crippen molar-refractivity contribution in [3.63, 3.8) is 0 Å². The number of alkyl carbamates (subject to hydrolysis) is 1. The zero-order chi connectivity index (χ0) is 44.8. The van der Waals surface area contributed by atoms with Crippen LogP contribution in [-0.4, -0.2) is 55.5 Å². The number of nitrogens with one attached hydrogen (secondary N) is 2. The van der Waals surface area contributed by atoms with E-state index in [2.05, 4.69) is 61.6 Å². The first-order valence-electron chi connectivity index (χ1n) is 24.3. The van der Waals surface area contributed by atoms with E-state index in [1.54, 1.807) is 0 Å². The highest BCUT2D eigenvalue weighted by Gasteiger charge is 2.59. The van der Waals surface area contributed by atoms with Crippen molar-refractivity contribution in [3.05, 3.63) is 60.2 Å². The predicted octanol–water partition coefficient (Wildman–Crippen LogP) is 12.5. The smallest absolute Gasteiger partial charge is 0.407 e. The summed E-state index contributed by atoms with van der Waals surface area (Å²) in [5, 5.41) is 23.0. The summed E-state index contributed by atoms with van der Waals surface area (Å²) < 4.78 is 17.5. The van der Waals surface area contributed by atoms with Gasteiger partial charge in [0, 0.05) is 32.4 Å². The first-order valence-corrected chi connectivity index (χ1v) is 24.3. The minimum atomic E-state index is -0.792. The van der Waals surface area contributed by atoms with Gasteiger partial charge in [0.1, 0.15) is 17.6 Å². The number of hydrogen-bond donors (Lipinski definition) is 3. The molecule has 11 nitrogen and oxygen atoms in total. The zero-order valence-corrected chi connectivity index (χ0v) is 38.9. The Morgan fingerprint density at radius 3 is 2.02 bits per heavy atom. The molecule has 0 spiro atoms. The van der Waals surface area contributed by atoms with Gasteiger partial charge >= 0.3 is 12.1 Å². The Balaban J connectivity index is 0.810. The molecule has 63 heavy (non-hydrogen) atoms. The maximum absolute atomic E-state index is 12.8. The number of amides is 2. The highest BCUT2D eigenvalue weighted by atomic mass is 16.6. The summed E-state index contributed by atoms with van der Waals surface area (Å²) in [6, 6.07) is 14.6. The molecule has 0 aliphatic heterocycles. The minimum absolute atomic E-state index is 0.0450. The highest BCUT2D eigenvalue weighted by molar-refractivity contribution is 5.76. The van der Waals surface area contributed by atoms with Gasteiger partial charge in [-0.25, -0.2) is 4.79 Å². The van der Waals surface area contributed by atoms with Crippen LogP contribution in [-0.2, 0) is 14.3 Å². The predicted molar refractivity (Wildman–Crippen MR) is 248 cm³/mol. The minimum Gasteiger partial charge on any atom is -0.494 e. The van der Waals surface area contributed by atoms with E-state index < -0.39 is 12.1 Å². The molecule has 2 amide bonds. The van der Waals surface area contributed by atoms with Gasteiger partial charge in [-0.1, -0.05) is 65.5 Å². The summed E-state index contributed by atoms with van der Waals surface area (Å²) in [6.07, 6.45) is 19.0. The van der Waals surface area contributed by atoms with Gasteiger partial charge in [-0.3, -0.25) is 9.59 Å². The monoisotopic (exact) mass is 869 g/mol. The molecule has 0 saturated heterocycles. The molecule has 11 heteroatoms. The largest absolute Gasteiger partial charge is 0.494 e. The molecular weight excluding hydrogens is 793 g/mol. The summed E-state index contributed by atoms with van der Waals surface area (Å²) in [4.78, 5) is 35.8. The molecule has 2 aromatic carbocycles. The lowest BCUT2D eigenvalue weighted by molar-refractivity contribution is -0.137. The first-order chi connectivity index (χ1) is 30.3. The van der Waals surface area contributed by atoms with Crippen LogP contribution in [0.5, 0.6) is 11.5 Å². The first kappa shape index (κ1) is 48.1. The second kappa shape index (κ2) is 23.0. The number of carboxylic acids is 1. The molecule has 0 heterocycles. The van der Waals surface area contributed by atoms with Crippen molar-refractivity contribution in [2.45, 2.75) is 150 Å². The van der Waals surface area contributed by atoms with Crippen LogP contribution in [0.3, 0.4) is 0 Å². The number of azo groups is 1. The third kappa shape index (κ3) is 13.3. The molecule has 2 aromatic rings. The number of ether oxygens (including phenoxy) is 3. The van der Waals surface area contributed by atoms with Crippen molar-refractivity contribution in [1.82, 2.24) is 10.6 Å². The Hall–Kier alpha value is -4.41. The fourth-order valence-electron chi connectivity index (χ4n) is 11.9. The number of allylic oxidation sites excluding steroid dienone is 1. The molecule has 6 rings (SSSR count). The van der Waals surface area contributed by atoms with E-state index in [0.29, 0.717) is 74.5 Å². The summed E-state index contributed by atoms with van der Waals surface area (Å²) in [7, 11) is 0. The molecule has 3 N–H and O–H groups in total. The van der Waals surface area contributed by atoms with Gasteiger partial charge in [0.25, 0.3) is 0 Å². The summed E-state index contributed by atoms with van der Waals surface area (Å²) in [6.45, 7) is 14.1. The Morgan fingerprint density at radius 1 is 0.746 bits per heavy atom. The van der Waals surface area contributed by atoms with Crippen LogP contribution < -0.4 is 20.1 Å². The van der Waals surface area contributed by atoms with Crippen molar-refractivity contribution < 1.29 is 33.7 Å². The number of benzene rings is 2. The Kier molecular flexibility index (Phi) is 17.5. The van der Waals surface area contributed by atoms with Gasteiger partial charge < -0.3 is 30.0 Å². The number of aliphatic carboxylic acids is 1. The molecular formula is C52H76N4O7. The number of carbonyl (C=O) groups is 3. The maximum atomic E-state index is 12.8. The fraction of sp³-hybridized carbons (Fsp3) is 0.673. The normalized spacial score (nSPS) is 26.8. The molecule has 8 atom stereocenters. The van der Waals surface area contributed by atoms with Crippen LogP contribution in [0.15, 0.2) is 70.4 Å². The van der Waals surface area contributed by atoms with E-state index in [-0.39, 0.29) is 23.8 Å². The summed E-state index contributed by atoms with van der Waals surface area (Å²) >= 11 is 0. The van der Waals surface area contributed by atoms with Gasteiger partial charge in [-0.2, -0.15) is 10.2 Å². The van der Waals surface area contributed by atoms with Gasteiger partial charge in [-0.15, -0.1) is 0 Å². The Labute approximate surface area is 377 Å². The average molecular weight is 869 g/mol. The Bertz CT molecular complexity index is 1850. The summed E-state index contributed by atoms with van der Waals surface area (Å²) in [5.74, 6) is 5.47. The van der Waals surface area contributed by atoms with E-state index in [4.69, 9.17) is 19.3 Å². The van der Waals surface area contributed by atoms with Crippen LogP contribution in [0, 0.1) is 46.3 Å². The molecule has 0 radical (unpaired) electrons. The third-order valence-electron chi connectivity index (χ3n) is 15.3. The number of carboxylic acid groups (broad SMARTS) is 1. The topological polar surface area (TPSA) is 148 Å². The van der Waals surface area contributed by atoms with E-state index in [0.717, 1.165) is 66.9 Å². The van der Waals surface area contributed by atoms with E-state index in [1.807, 2.05) is 48.5 Å². The maximum Gasteiger partial charge on any atom is 0.407 e. The number of rotatable bonds is 23.